The number of hydrogen-bond acceptors (Lipinski definition) is 9. The quantitative estimate of drug-likeness (QED) is 0.497. The van der Waals surface area contributed by atoms with Crippen molar-refractivity contribution in [2.45, 2.75) is 25.6 Å². The predicted octanol–water partition coefficient (Wildman–Crippen LogP) is 3.01. The first-order valence-corrected chi connectivity index (χ1v) is 10.1. The van der Waals surface area contributed by atoms with Crippen LogP contribution in [0.1, 0.15) is 13.8 Å². The van der Waals surface area contributed by atoms with Gasteiger partial charge < -0.3 is 38.3 Å². The molecule has 1 unspecified atom stereocenters. The van der Waals surface area contributed by atoms with Gasteiger partial charge in [0.1, 0.15) is 35.2 Å². The molecule has 9 nitrogen and oxygen atoms in total. The standard InChI is InChI=1S/C24H28O9/c1-24(2,27)19(25)12-32-14-10-17(30-5)20-18(11-14)33-22(23(31-6)21(20)26)13-7-8-15(28-3)16(9-13)29-4/h7-11,19,25,27H,12H2,1-6H3. The van der Waals surface area contributed by atoms with Crippen LogP contribution < -0.4 is 29.1 Å². The zero-order valence-corrected chi connectivity index (χ0v) is 19.4. The summed E-state index contributed by atoms with van der Waals surface area (Å²) in [6, 6.07) is 8.09. The summed E-state index contributed by atoms with van der Waals surface area (Å²) in [5.74, 6) is 1.66. The molecule has 0 spiro atoms. The third kappa shape index (κ3) is 4.84. The molecule has 1 aromatic heterocycles. The first-order chi connectivity index (χ1) is 15.6. The van der Waals surface area contributed by atoms with Crippen LogP contribution in [0.5, 0.6) is 28.7 Å². The second-order valence-electron chi connectivity index (χ2n) is 7.84. The van der Waals surface area contributed by atoms with E-state index in [1.165, 1.54) is 54.4 Å². The maximum atomic E-state index is 13.3. The van der Waals surface area contributed by atoms with Crippen LogP contribution in [0.3, 0.4) is 0 Å². The first kappa shape index (κ1) is 24.2. The molecule has 1 atom stereocenters. The molecule has 9 heteroatoms. The molecule has 33 heavy (non-hydrogen) atoms. The molecule has 0 radical (unpaired) electrons. The van der Waals surface area contributed by atoms with Gasteiger partial charge in [0.15, 0.2) is 17.3 Å². The SMILES string of the molecule is COc1ccc(-c2oc3cc(OCC(O)C(C)(C)O)cc(OC)c3c(=O)c2OC)cc1OC. The number of methoxy groups -OCH3 is 4. The van der Waals surface area contributed by atoms with Crippen molar-refractivity contribution in [1.82, 2.24) is 0 Å². The van der Waals surface area contributed by atoms with E-state index >= 15 is 0 Å². The van der Waals surface area contributed by atoms with Crippen LogP contribution in [0.25, 0.3) is 22.3 Å². The van der Waals surface area contributed by atoms with Crippen LogP contribution in [0.4, 0.5) is 0 Å². The number of aliphatic hydroxyl groups excluding tert-OH is 1. The largest absolute Gasteiger partial charge is 0.496 e. The lowest BCUT2D eigenvalue weighted by Crippen LogP contribution is -2.40. The van der Waals surface area contributed by atoms with E-state index in [1.807, 2.05) is 0 Å². The van der Waals surface area contributed by atoms with Gasteiger partial charge in [-0.25, -0.2) is 0 Å². The Kier molecular flexibility index (Phi) is 7.04. The summed E-state index contributed by atoms with van der Waals surface area (Å²) >= 11 is 0. The topological polar surface area (TPSA) is 117 Å². The van der Waals surface area contributed by atoms with Crippen molar-refractivity contribution in [1.29, 1.82) is 0 Å². The minimum absolute atomic E-state index is 0.000796. The number of rotatable bonds is 9. The van der Waals surface area contributed by atoms with Gasteiger partial charge in [0.05, 0.1) is 34.0 Å². The fourth-order valence-electron chi connectivity index (χ4n) is 3.22. The van der Waals surface area contributed by atoms with Crippen molar-refractivity contribution < 1.29 is 38.3 Å². The Balaban J connectivity index is 2.17. The van der Waals surface area contributed by atoms with Gasteiger partial charge in [-0.3, -0.25) is 4.79 Å². The van der Waals surface area contributed by atoms with Gasteiger partial charge in [0.2, 0.25) is 11.2 Å². The zero-order chi connectivity index (χ0) is 24.3. The lowest BCUT2D eigenvalue weighted by atomic mass is 10.0. The van der Waals surface area contributed by atoms with E-state index in [2.05, 4.69) is 0 Å². The number of fused-ring (bicyclic) bond motifs is 1. The highest BCUT2D eigenvalue weighted by atomic mass is 16.5. The summed E-state index contributed by atoms with van der Waals surface area (Å²) in [7, 11) is 5.83. The van der Waals surface area contributed by atoms with E-state index in [0.29, 0.717) is 17.1 Å². The minimum Gasteiger partial charge on any atom is -0.496 e. The summed E-state index contributed by atoms with van der Waals surface area (Å²) in [6.07, 6.45) is -1.13. The lowest BCUT2D eigenvalue weighted by molar-refractivity contribution is -0.0661. The average molecular weight is 460 g/mol. The Hall–Kier alpha value is -3.43. The normalized spacial score (nSPS) is 12.4. The maximum absolute atomic E-state index is 13.3. The minimum atomic E-state index is -1.35. The Labute approximate surface area is 191 Å². The Bertz CT molecular complexity index is 1190. The van der Waals surface area contributed by atoms with Crippen LogP contribution in [-0.4, -0.2) is 57.0 Å². The molecule has 178 valence electrons. The highest BCUT2D eigenvalue weighted by Gasteiger charge is 2.26. The summed E-state index contributed by atoms with van der Waals surface area (Å²) < 4.78 is 33.1. The van der Waals surface area contributed by atoms with Crippen molar-refractivity contribution in [2.24, 2.45) is 0 Å². The molecule has 3 aromatic rings. The van der Waals surface area contributed by atoms with E-state index in [4.69, 9.17) is 28.1 Å². The fourth-order valence-corrected chi connectivity index (χ4v) is 3.22. The van der Waals surface area contributed by atoms with Crippen molar-refractivity contribution in [2.75, 3.05) is 35.0 Å². The maximum Gasteiger partial charge on any atom is 0.239 e. The van der Waals surface area contributed by atoms with Crippen molar-refractivity contribution in [3.8, 4) is 40.1 Å². The number of aliphatic hydroxyl groups is 2. The summed E-state index contributed by atoms with van der Waals surface area (Å²) in [5.41, 5.74) is -1.05. The van der Waals surface area contributed by atoms with Crippen LogP contribution in [0.15, 0.2) is 39.5 Å². The number of ether oxygens (including phenoxy) is 5. The third-order valence-electron chi connectivity index (χ3n) is 5.18. The molecule has 0 bridgehead atoms. The van der Waals surface area contributed by atoms with E-state index in [9.17, 15) is 15.0 Å². The van der Waals surface area contributed by atoms with Gasteiger partial charge >= 0.3 is 0 Å². The third-order valence-corrected chi connectivity index (χ3v) is 5.18. The Morgan fingerprint density at radius 2 is 1.61 bits per heavy atom. The Morgan fingerprint density at radius 1 is 0.939 bits per heavy atom. The predicted molar refractivity (Wildman–Crippen MR) is 122 cm³/mol. The van der Waals surface area contributed by atoms with E-state index < -0.39 is 17.1 Å². The molecule has 0 amide bonds. The molecule has 3 rings (SSSR count). The van der Waals surface area contributed by atoms with Crippen LogP contribution in [0.2, 0.25) is 0 Å². The van der Waals surface area contributed by atoms with E-state index in [1.54, 1.807) is 18.2 Å². The molecular weight excluding hydrogens is 432 g/mol. The van der Waals surface area contributed by atoms with Gasteiger partial charge in [-0.2, -0.15) is 0 Å². The van der Waals surface area contributed by atoms with Gasteiger partial charge in [-0.1, -0.05) is 0 Å². The fraction of sp³-hybridized carbons (Fsp3) is 0.375. The van der Waals surface area contributed by atoms with E-state index in [0.717, 1.165) is 0 Å². The molecule has 0 aliphatic heterocycles. The van der Waals surface area contributed by atoms with Gasteiger partial charge in [0.25, 0.3) is 0 Å². The molecule has 0 saturated carbocycles. The Morgan fingerprint density at radius 3 is 2.18 bits per heavy atom. The van der Waals surface area contributed by atoms with Crippen molar-refractivity contribution in [3.63, 3.8) is 0 Å². The van der Waals surface area contributed by atoms with Crippen molar-refractivity contribution in [3.05, 3.63) is 40.6 Å². The lowest BCUT2D eigenvalue weighted by Gasteiger charge is -2.24. The smallest absolute Gasteiger partial charge is 0.239 e. The summed E-state index contributed by atoms with van der Waals surface area (Å²) in [5, 5.41) is 20.2. The molecular formula is C24H28O9. The van der Waals surface area contributed by atoms with Gasteiger partial charge in [-0.15, -0.1) is 0 Å². The van der Waals surface area contributed by atoms with Crippen LogP contribution in [0, 0.1) is 0 Å². The van der Waals surface area contributed by atoms with Crippen LogP contribution in [-0.2, 0) is 0 Å². The van der Waals surface area contributed by atoms with Gasteiger partial charge in [0, 0.05) is 17.7 Å². The average Bonchev–Trinajstić information content (AvgIpc) is 2.80. The second kappa shape index (κ2) is 9.60. The number of benzene rings is 2. The highest BCUT2D eigenvalue weighted by molar-refractivity contribution is 5.88. The van der Waals surface area contributed by atoms with E-state index in [-0.39, 0.29) is 40.6 Å². The molecule has 1 heterocycles. The highest BCUT2D eigenvalue weighted by Crippen LogP contribution is 2.39. The van der Waals surface area contributed by atoms with Crippen LogP contribution >= 0.6 is 0 Å². The van der Waals surface area contributed by atoms with Crippen molar-refractivity contribution >= 4 is 11.0 Å². The molecule has 0 aliphatic rings. The summed E-state index contributed by atoms with van der Waals surface area (Å²) in [4.78, 5) is 13.3. The zero-order valence-electron chi connectivity index (χ0n) is 19.4. The molecule has 2 N–H and O–H groups in total. The number of hydrogen-bond donors (Lipinski definition) is 2. The monoisotopic (exact) mass is 460 g/mol. The van der Waals surface area contributed by atoms with Gasteiger partial charge in [-0.05, 0) is 32.0 Å². The second-order valence-corrected chi connectivity index (χ2v) is 7.84. The first-order valence-electron chi connectivity index (χ1n) is 10.1. The summed E-state index contributed by atoms with van der Waals surface area (Å²) in [6.45, 7) is 2.77. The molecule has 2 aromatic carbocycles. The molecule has 0 aliphatic carbocycles. The molecule has 0 fully saturated rings. The molecule has 0 saturated heterocycles.